The molecule has 1 amide bonds. The summed E-state index contributed by atoms with van der Waals surface area (Å²) in [4.78, 5) is 24.5. The Labute approximate surface area is 178 Å². The van der Waals surface area contributed by atoms with Crippen LogP contribution in [-0.4, -0.2) is 11.7 Å². The second kappa shape index (κ2) is 16.2. The van der Waals surface area contributed by atoms with Gasteiger partial charge in [0.2, 0.25) is 5.91 Å². The first-order valence-corrected chi connectivity index (χ1v) is 12.0. The summed E-state index contributed by atoms with van der Waals surface area (Å²) in [6.07, 6.45) is 18.7. The van der Waals surface area contributed by atoms with E-state index in [2.05, 4.69) is 6.92 Å². The molecule has 1 unspecified atom stereocenters. The van der Waals surface area contributed by atoms with Crippen LogP contribution in [0, 0.1) is 12.8 Å². The molecule has 0 saturated carbocycles. The number of Topliss-reactive ketones (excluding diaryl/α,β-unsaturated/α-hetero) is 1. The Morgan fingerprint density at radius 2 is 1.21 bits per heavy atom. The molecule has 1 atom stereocenters. The van der Waals surface area contributed by atoms with Gasteiger partial charge in [-0.3, -0.25) is 9.59 Å². The number of rotatable bonds is 18. The van der Waals surface area contributed by atoms with Gasteiger partial charge in [0.15, 0.2) is 5.78 Å². The molecular weight excluding hydrogens is 358 g/mol. The Morgan fingerprint density at radius 1 is 0.759 bits per heavy atom. The average Bonchev–Trinajstić information content (AvgIpc) is 2.70. The topological polar surface area (TPSA) is 60.2 Å². The van der Waals surface area contributed by atoms with Gasteiger partial charge in [-0.25, -0.2) is 0 Å². The first-order valence-electron chi connectivity index (χ1n) is 12.0. The highest BCUT2D eigenvalue weighted by Gasteiger charge is 2.25. The summed E-state index contributed by atoms with van der Waals surface area (Å²) in [6, 6.07) is 7.43. The van der Waals surface area contributed by atoms with Gasteiger partial charge in [-0.2, -0.15) is 0 Å². The number of hydrogen-bond donors (Lipinski definition) is 1. The lowest BCUT2D eigenvalue weighted by molar-refractivity contribution is -0.120. The summed E-state index contributed by atoms with van der Waals surface area (Å²) in [5.41, 5.74) is 7.05. The van der Waals surface area contributed by atoms with E-state index in [9.17, 15) is 9.59 Å². The molecule has 0 aromatic heterocycles. The predicted molar refractivity (Wildman–Crippen MR) is 123 cm³/mol. The number of amides is 1. The number of ketones is 1. The molecule has 29 heavy (non-hydrogen) atoms. The van der Waals surface area contributed by atoms with E-state index in [0.717, 1.165) is 18.4 Å². The van der Waals surface area contributed by atoms with Gasteiger partial charge in [-0.05, 0) is 18.9 Å². The standard InChI is InChI=1S/C26H43NO2/c1-3-4-5-6-7-8-9-10-11-12-13-14-15-16-21-24(26(27)29)25(28)23-20-18-17-19-22(23)2/h17-20,24H,3-16,21H2,1-2H3,(H2,27,29). The third-order valence-electron chi connectivity index (χ3n) is 5.92. The van der Waals surface area contributed by atoms with Crippen LogP contribution >= 0.6 is 0 Å². The van der Waals surface area contributed by atoms with Gasteiger partial charge in [0, 0.05) is 5.56 Å². The summed E-state index contributed by atoms with van der Waals surface area (Å²) in [7, 11) is 0. The quantitative estimate of drug-likeness (QED) is 0.161. The highest BCUT2D eigenvalue weighted by atomic mass is 16.2. The van der Waals surface area contributed by atoms with E-state index in [-0.39, 0.29) is 5.78 Å². The van der Waals surface area contributed by atoms with E-state index >= 15 is 0 Å². The van der Waals surface area contributed by atoms with Crippen molar-refractivity contribution < 1.29 is 9.59 Å². The summed E-state index contributed by atoms with van der Waals surface area (Å²) >= 11 is 0. The molecule has 3 nitrogen and oxygen atoms in total. The lowest BCUT2D eigenvalue weighted by Crippen LogP contribution is -2.30. The average molecular weight is 402 g/mol. The van der Waals surface area contributed by atoms with Crippen molar-refractivity contribution in [1.29, 1.82) is 0 Å². The fraction of sp³-hybridized carbons (Fsp3) is 0.692. The lowest BCUT2D eigenvalue weighted by atomic mass is 9.89. The maximum Gasteiger partial charge on any atom is 0.228 e. The molecule has 0 bridgehead atoms. The van der Waals surface area contributed by atoms with Crippen LogP contribution in [0.1, 0.15) is 119 Å². The number of aryl methyl sites for hydroxylation is 1. The third-order valence-corrected chi connectivity index (χ3v) is 5.92. The van der Waals surface area contributed by atoms with Crippen LogP contribution in [0.2, 0.25) is 0 Å². The molecule has 164 valence electrons. The first-order chi connectivity index (χ1) is 14.1. The molecule has 1 rings (SSSR count). The molecule has 0 aliphatic rings. The highest BCUT2D eigenvalue weighted by Crippen LogP contribution is 2.20. The third kappa shape index (κ3) is 11.2. The summed E-state index contributed by atoms with van der Waals surface area (Å²) in [6.45, 7) is 4.17. The molecular formula is C26H43NO2. The van der Waals surface area contributed by atoms with E-state index in [1.165, 1.54) is 77.0 Å². The number of nitrogens with two attached hydrogens (primary N) is 1. The van der Waals surface area contributed by atoms with Gasteiger partial charge in [0.05, 0.1) is 0 Å². The van der Waals surface area contributed by atoms with Crippen molar-refractivity contribution >= 4 is 11.7 Å². The molecule has 2 N–H and O–H groups in total. The molecule has 3 heteroatoms. The number of primary amides is 1. The van der Waals surface area contributed by atoms with Gasteiger partial charge in [-0.15, -0.1) is 0 Å². The zero-order valence-electron chi connectivity index (χ0n) is 18.9. The van der Waals surface area contributed by atoms with E-state index < -0.39 is 11.8 Å². The first kappa shape index (κ1) is 25.4. The molecule has 0 aliphatic carbocycles. The van der Waals surface area contributed by atoms with Gasteiger partial charge < -0.3 is 5.73 Å². The van der Waals surface area contributed by atoms with Crippen molar-refractivity contribution in [2.24, 2.45) is 11.7 Å². The van der Waals surface area contributed by atoms with Gasteiger partial charge >= 0.3 is 0 Å². The Hall–Kier alpha value is -1.64. The van der Waals surface area contributed by atoms with Crippen molar-refractivity contribution in [3.05, 3.63) is 35.4 Å². The van der Waals surface area contributed by atoms with Crippen LogP contribution in [0.4, 0.5) is 0 Å². The molecule has 1 aromatic carbocycles. The van der Waals surface area contributed by atoms with Crippen LogP contribution in [0.15, 0.2) is 24.3 Å². The number of unbranched alkanes of at least 4 members (excludes halogenated alkanes) is 13. The van der Waals surface area contributed by atoms with Crippen molar-refractivity contribution in [3.8, 4) is 0 Å². The van der Waals surface area contributed by atoms with E-state index in [1.54, 1.807) is 6.07 Å². The normalized spacial score (nSPS) is 12.1. The smallest absolute Gasteiger partial charge is 0.228 e. The second-order valence-electron chi connectivity index (χ2n) is 8.52. The number of benzene rings is 1. The lowest BCUT2D eigenvalue weighted by Gasteiger charge is -2.13. The molecule has 0 heterocycles. The maximum atomic E-state index is 12.7. The van der Waals surface area contributed by atoms with Gasteiger partial charge in [0.25, 0.3) is 0 Å². The summed E-state index contributed by atoms with van der Waals surface area (Å²) in [5.74, 6) is -1.30. The Kier molecular flexibility index (Phi) is 14.2. The predicted octanol–water partition coefficient (Wildman–Crippen LogP) is 7.15. The zero-order valence-corrected chi connectivity index (χ0v) is 18.9. The van der Waals surface area contributed by atoms with Crippen LogP contribution in [-0.2, 0) is 4.79 Å². The summed E-state index contributed by atoms with van der Waals surface area (Å²) in [5, 5.41) is 0. The molecule has 0 aliphatic heterocycles. The minimum atomic E-state index is -0.687. The van der Waals surface area contributed by atoms with Crippen LogP contribution < -0.4 is 5.73 Å². The monoisotopic (exact) mass is 401 g/mol. The molecule has 1 aromatic rings. The van der Waals surface area contributed by atoms with E-state index in [0.29, 0.717) is 12.0 Å². The largest absolute Gasteiger partial charge is 0.369 e. The Balaban J connectivity index is 2.08. The minimum absolute atomic E-state index is 0.120. The highest BCUT2D eigenvalue weighted by molar-refractivity contribution is 6.10. The second-order valence-corrected chi connectivity index (χ2v) is 8.52. The van der Waals surface area contributed by atoms with E-state index in [1.807, 2.05) is 25.1 Å². The van der Waals surface area contributed by atoms with Crippen molar-refractivity contribution in [3.63, 3.8) is 0 Å². The van der Waals surface area contributed by atoms with Crippen molar-refractivity contribution in [2.45, 2.75) is 110 Å². The van der Waals surface area contributed by atoms with Gasteiger partial charge in [-0.1, -0.05) is 121 Å². The van der Waals surface area contributed by atoms with Crippen molar-refractivity contribution in [2.75, 3.05) is 0 Å². The minimum Gasteiger partial charge on any atom is -0.369 e. The van der Waals surface area contributed by atoms with Crippen LogP contribution in [0.3, 0.4) is 0 Å². The Morgan fingerprint density at radius 3 is 1.66 bits per heavy atom. The zero-order chi connectivity index (χ0) is 21.3. The van der Waals surface area contributed by atoms with Crippen LogP contribution in [0.25, 0.3) is 0 Å². The number of carbonyl (C=O) groups excluding carboxylic acids is 2. The number of hydrogen-bond acceptors (Lipinski definition) is 2. The fourth-order valence-electron chi connectivity index (χ4n) is 3.98. The van der Waals surface area contributed by atoms with E-state index in [4.69, 9.17) is 5.73 Å². The fourth-order valence-corrected chi connectivity index (χ4v) is 3.98. The molecule has 0 saturated heterocycles. The molecule has 0 fully saturated rings. The van der Waals surface area contributed by atoms with Crippen molar-refractivity contribution in [1.82, 2.24) is 0 Å². The Bertz CT molecular complexity index is 582. The summed E-state index contributed by atoms with van der Waals surface area (Å²) < 4.78 is 0. The van der Waals surface area contributed by atoms with Gasteiger partial charge in [0.1, 0.15) is 5.92 Å². The molecule has 0 spiro atoms. The SMILES string of the molecule is CCCCCCCCCCCCCCCCC(C(N)=O)C(=O)c1ccccc1C. The van der Waals surface area contributed by atoms with Crippen LogP contribution in [0.5, 0.6) is 0 Å². The maximum absolute atomic E-state index is 12.7. The number of carbonyl (C=O) groups is 2. The molecule has 0 radical (unpaired) electrons.